The van der Waals surface area contributed by atoms with Crippen LogP contribution in [0.5, 0.6) is 5.75 Å². The molecular formula is C32H37FN2O4. The van der Waals surface area contributed by atoms with E-state index in [0.717, 1.165) is 24.1 Å². The van der Waals surface area contributed by atoms with Crippen molar-refractivity contribution in [3.05, 3.63) is 101 Å². The standard InChI is InChI=1S/C32H37FN2O4/c1-21-15-16-35(30(22(21)2)25-9-6-10-28(36)19-25)20-26(17-23-7-4-3-5-8-23)31(37)34-29(32(38)39)18-24-11-13-27(33)14-12-24/h3-14,19,21-22,26,29-30,36H,15-18,20H2,1-2H3,(H,34,37)(H,38,39)/t21-,22-,26+,29-,30?/m1/s1. The van der Waals surface area contributed by atoms with Crippen LogP contribution >= 0.6 is 0 Å². The molecule has 39 heavy (non-hydrogen) atoms. The fourth-order valence-corrected chi connectivity index (χ4v) is 5.61. The number of aliphatic carboxylic acids is 1. The van der Waals surface area contributed by atoms with E-state index in [0.29, 0.717) is 30.4 Å². The van der Waals surface area contributed by atoms with Crippen LogP contribution in [0.4, 0.5) is 4.39 Å². The largest absolute Gasteiger partial charge is 0.508 e. The maximum absolute atomic E-state index is 13.7. The van der Waals surface area contributed by atoms with E-state index in [1.165, 1.54) is 24.3 Å². The Morgan fingerprint density at radius 1 is 0.974 bits per heavy atom. The van der Waals surface area contributed by atoms with Crippen molar-refractivity contribution in [1.82, 2.24) is 10.2 Å². The molecule has 1 amide bonds. The molecule has 0 aromatic heterocycles. The minimum absolute atomic E-state index is 0.0152. The molecule has 7 heteroatoms. The van der Waals surface area contributed by atoms with Gasteiger partial charge in [0, 0.05) is 19.0 Å². The Morgan fingerprint density at radius 2 is 1.67 bits per heavy atom. The summed E-state index contributed by atoms with van der Waals surface area (Å²) in [6, 6.07) is 21.6. The first kappa shape index (κ1) is 28.3. The predicted octanol–water partition coefficient (Wildman–Crippen LogP) is 5.22. The third-order valence-electron chi connectivity index (χ3n) is 7.99. The molecule has 1 fully saturated rings. The maximum atomic E-state index is 13.7. The minimum atomic E-state index is -1.14. The molecule has 0 radical (unpaired) electrons. The van der Waals surface area contributed by atoms with Gasteiger partial charge in [0.2, 0.25) is 5.91 Å². The number of hydrogen-bond acceptors (Lipinski definition) is 4. The lowest BCUT2D eigenvalue weighted by Crippen LogP contribution is -2.50. The average Bonchev–Trinajstić information content (AvgIpc) is 2.91. The van der Waals surface area contributed by atoms with Crippen molar-refractivity contribution < 1.29 is 24.2 Å². The summed E-state index contributed by atoms with van der Waals surface area (Å²) in [4.78, 5) is 28.1. The van der Waals surface area contributed by atoms with Crippen LogP contribution in [0.25, 0.3) is 0 Å². The Bertz CT molecular complexity index is 1250. The number of rotatable bonds is 10. The topological polar surface area (TPSA) is 89.9 Å². The van der Waals surface area contributed by atoms with E-state index < -0.39 is 23.7 Å². The van der Waals surface area contributed by atoms with Crippen molar-refractivity contribution in [1.29, 1.82) is 0 Å². The summed E-state index contributed by atoms with van der Waals surface area (Å²) in [5, 5.41) is 22.8. The Hall–Kier alpha value is -3.71. The number of carbonyl (C=O) groups is 2. The summed E-state index contributed by atoms with van der Waals surface area (Å²) in [7, 11) is 0. The quantitative estimate of drug-likeness (QED) is 0.333. The Balaban J connectivity index is 1.59. The molecule has 0 aliphatic carbocycles. The van der Waals surface area contributed by atoms with Gasteiger partial charge < -0.3 is 15.5 Å². The fourth-order valence-electron chi connectivity index (χ4n) is 5.61. The molecule has 1 unspecified atom stereocenters. The average molecular weight is 533 g/mol. The molecule has 0 saturated carbocycles. The van der Waals surface area contributed by atoms with E-state index in [1.807, 2.05) is 42.5 Å². The van der Waals surface area contributed by atoms with E-state index in [2.05, 4.69) is 24.1 Å². The van der Waals surface area contributed by atoms with E-state index >= 15 is 0 Å². The third kappa shape index (κ3) is 7.45. The van der Waals surface area contributed by atoms with Gasteiger partial charge in [0.05, 0.1) is 5.92 Å². The number of phenolic OH excluding ortho intramolecular Hbond substituents is 1. The Labute approximate surface area is 229 Å². The summed E-state index contributed by atoms with van der Waals surface area (Å²) in [6.07, 6.45) is 1.50. The molecule has 1 aliphatic rings. The number of benzene rings is 3. The van der Waals surface area contributed by atoms with Gasteiger partial charge >= 0.3 is 5.97 Å². The molecule has 4 rings (SSSR count). The number of aromatic hydroxyl groups is 1. The van der Waals surface area contributed by atoms with Gasteiger partial charge in [-0.15, -0.1) is 0 Å². The second-order valence-electron chi connectivity index (χ2n) is 10.8. The fraction of sp³-hybridized carbons (Fsp3) is 0.375. The molecular weight excluding hydrogens is 495 g/mol. The second-order valence-corrected chi connectivity index (χ2v) is 10.8. The van der Waals surface area contributed by atoms with Crippen LogP contribution in [0.15, 0.2) is 78.9 Å². The van der Waals surface area contributed by atoms with E-state index in [-0.39, 0.29) is 24.1 Å². The Morgan fingerprint density at radius 3 is 2.33 bits per heavy atom. The SMILES string of the molecule is C[C@@H]1CCN(C[C@H](Cc2ccccc2)C(=O)N[C@H](Cc2ccc(F)cc2)C(=O)O)C(c2cccc(O)c2)[C@@H]1C. The number of phenols is 1. The van der Waals surface area contributed by atoms with Crippen LogP contribution in [0.1, 0.15) is 43.0 Å². The number of hydrogen-bond donors (Lipinski definition) is 3. The first-order chi connectivity index (χ1) is 18.7. The molecule has 3 N–H and O–H groups in total. The van der Waals surface area contributed by atoms with Crippen LogP contribution in [0.3, 0.4) is 0 Å². The zero-order chi connectivity index (χ0) is 27.9. The second kappa shape index (κ2) is 12.9. The first-order valence-electron chi connectivity index (χ1n) is 13.6. The van der Waals surface area contributed by atoms with Crippen molar-refractivity contribution in [3.63, 3.8) is 0 Å². The molecule has 0 bridgehead atoms. The molecule has 1 heterocycles. The number of halogens is 1. The number of likely N-dealkylation sites (tertiary alicyclic amines) is 1. The van der Waals surface area contributed by atoms with Gasteiger partial charge in [-0.3, -0.25) is 9.69 Å². The molecule has 6 nitrogen and oxygen atoms in total. The first-order valence-corrected chi connectivity index (χ1v) is 13.6. The Kier molecular flexibility index (Phi) is 9.36. The highest BCUT2D eigenvalue weighted by Gasteiger charge is 2.37. The summed E-state index contributed by atoms with van der Waals surface area (Å²) < 4.78 is 13.4. The molecule has 3 aromatic carbocycles. The lowest BCUT2D eigenvalue weighted by atomic mass is 9.78. The van der Waals surface area contributed by atoms with Gasteiger partial charge in [-0.2, -0.15) is 0 Å². The summed E-state index contributed by atoms with van der Waals surface area (Å²) in [6.45, 7) is 5.68. The zero-order valence-corrected chi connectivity index (χ0v) is 22.5. The van der Waals surface area contributed by atoms with Gasteiger partial charge in [0.1, 0.15) is 17.6 Å². The monoisotopic (exact) mass is 532 g/mol. The van der Waals surface area contributed by atoms with E-state index in [4.69, 9.17) is 0 Å². The number of carboxylic acid groups (broad SMARTS) is 1. The third-order valence-corrected chi connectivity index (χ3v) is 7.99. The summed E-state index contributed by atoms with van der Waals surface area (Å²) in [5.74, 6) is -1.37. The number of carboxylic acids is 1. The number of piperidine rings is 1. The molecule has 5 atom stereocenters. The minimum Gasteiger partial charge on any atom is -0.508 e. The highest BCUT2D eigenvalue weighted by Crippen LogP contribution is 2.40. The van der Waals surface area contributed by atoms with Crippen molar-refractivity contribution in [2.45, 2.75) is 45.2 Å². The van der Waals surface area contributed by atoms with Crippen molar-refractivity contribution in [2.75, 3.05) is 13.1 Å². The van der Waals surface area contributed by atoms with Gasteiger partial charge in [-0.25, -0.2) is 9.18 Å². The van der Waals surface area contributed by atoms with Gasteiger partial charge in [-0.05, 0) is 72.2 Å². The van der Waals surface area contributed by atoms with Gasteiger partial charge in [-0.1, -0.05) is 68.4 Å². The van der Waals surface area contributed by atoms with Crippen molar-refractivity contribution in [3.8, 4) is 5.75 Å². The summed E-state index contributed by atoms with van der Waals surface area (Å²) >= 11 is 0. The number of nitrogens with one attached hydrogen (secondary N) is 1. The van der Waals surface area contributed by atoms with E-state index in [9.17, 15) is 24.2 Å². The maximum Gasteiger partial charge on any atom is 0.326 e. The normalized spacial score (nSPS) is 21.2. The zero-order valence-electron chi connectivity index (χ0n) is 22.5. The molecule has 3 aromatic rings. The smallest absolute Gasteiger partial charge is 0.326 e. The number of nitrogens with zero attached hydrogens (tertiary/aromatic N) is 1. The summed E-state index contributed by atoms with van der Waals surface area (Å²) in [5.41, 5.74) is 2.63. The van der Waals surface area contributed by atoms with Crippen LogP contribution in [-0.4, -0.2) is 46.1 Å². The predicted molar refractivity (Wildman–Crippen MR) is 149 cm³/mol. The molecule has 0 spiro atoms. The van der Waals surface area contributed by atoms with Crippen LogP contribution in [-0.2, 0) is 22.4 Å². The lowest BCUT2D eigenvalue weighted by Gasteiger charge is -2.45. The van der Waals surface area contributed by atoms with Gasteiger partial charge in [0.15, 0.2) is 0 Å². The van der Waals surface area contributed by atoms with Crippen molar-refractivity contribution in [2.24, 2.45) is 17.8 Å². The van der Waals surface area contributed by atoms with Crippen LogP contribution in [0.2, 0.25) is 0 Å². The number of carbonyl (C=O) groups excluding carboxylic acids is 1. The lowest BCUT2D eigenvalue weighted by molar-refractivity contribution is -0.142. The van der Waals surface area contributed by atoms with Crippen LogP contribution in [0, 0.1) is 23.6 Å². The highest BCUT2D eigenvalue weighted by atomic mass is 19.1. The van der Waals surface area contributed by atoms with Crippen LogP contribution < -0.4 is 5.32 Å². The molecule has 1 saturated heterocycles. The van der Waals surface area contributed by atoms with E-state index in [1.54, 1.807) is 12.1 Å². The molecule has 206 valence electrons. The van der Waals surface area contributed by atoms with Gasteiger partial charge in [0.25, 0.3) is 0 Å². The van der Waals surface area contributed by atoms with Crippen molar-refractivity contribution >= 4 is 11.9 Å². The molecule has 1 aliphatic heterocycles. The highest BCUT2D eigenvalue weighted by molar-refractivity contribution is 5.85. The number of amides is 1.